The Morgan fingerprint density at radius 1 is 1.33 bits per heavy atom. The summed E-state index contributed by atoms with van der Waals surface area (Å²) in [7, 11) is 0. The molecule has 0 aliphatic carbocycles. The number of hydrogen-bond acceptors (Lipinski definition) is 3. The number of ether oxygens (including phenoxy) is 1. The van der Waals surface area contributed by atoms with E-state index in [2.05, 4.69) is 0 Å². The Hall–Kier alpha value is -0.770. The minimum absolute atomic E-state index is 0.0630. The molecule has 0 aromatic heterocycles. The number of aliphatic hydroxyl groups excluding tert-OH is 2. The van der Waals surface area contributed by atoms with Crippen molar-refractivity contribution in [2.75, 3.05) is 13.2 Å². The van der Waals surface area contributed by atoms with Gasteiger partial charge in [-0.1, -0.05) is 17.7 Å². The van der Waals surface area contributed by atoms with Crippen molar-refractivity contribution in [3.05, 3.63) is 29.3 Å². The second-order valence-corrected chi connectivity index (χ2v) is 3.68. The lowest BCUT2D eigenvalue weighted by atomic mass is 10.2. The van der Waals surface area contributed by atoms with Crippen molar-refractivity contribution >= 4 is 11.6 Å². The quantitative estimate of drug-likeness (QED) is 0.784. The van der Waals surface area contributed by atoms with E-state index in [-0.39, 0.29) is 19.3 Å². The molecule has 0 fully saturated rings. The van der Waals surface area contributed by atoms with Crippen LogP contribution in [0.1, 0.15) is 12.8 Å². The van der Waals surface area contributed by atoms with Crippen LogP contribution >= 0.6 is 11.6 Å². The van der Waals surface area contributed by atoms with E-state index in [1.54, 1.807) is 24.3 Å². The summed E-state index contributed by atoms with van der Waals surface area (Å²) < 4.78 is 5.50. The number of hydrogen-bond donors (Lipinski definition) is 2. The highest BCUT2D eigenvalue weighted by atomic mass is 35.5. The van der Waals surface area contributed by atoms with E-state index in [1.165, 1.54) is 0 Å². The number of aliphatic hydroxyl groups is 2. The van der Waals surface area contributed by atoms with Gasteiger partial charge in [0.05, 0.1) is 6.61 Å². The summed E-state index contributed by atoms with van der Waals surface area (Å²) in [4.78, 5) is 0. The average molecular weight is 231 g/mol. The first-order valence-corrected chi connectivity index (χ1v) is 5.28. The van der Waals surface area contributed by atoms with Gasteiger partial charge in [-0.25, -0.2) is 0 Å². The van der Waals surface area contributed by atoms with Crippen LogP contribution in [0.15, 0.2) is 24.3 Å². The van der Waals surface area contributed by atoms with E-state index in [1.807, 2.05) is 0 Å². The Balaban J connectivity index is 2.50. The summed E-state index contributed by atoms with van der Waals surface area (Å²) in [5, 5.41) is 18.3. The summed E-state index contributed by atoms with van der Waals surface area (Å²) in [5.41, 5.74) is 0. The van der Waals surface area contributed by atoms with Crippen LogP contribution in [0.5, 0.6) is 5.75 Å². The zero-order chi connectivity index (χ0) is 11.1. The third-order valence-electron chi connectivity index (χ3n) is 1.99. The van der Waals surface area contributed by atoms with Crippen molar-refractivity contribution in [1.29, 1.82) is 0 Å². The monoisotopic (exact) mass is 230 g/mol. The molecule has 4 heteroatoms. The third kappa shape index (κ3) is 4.51. The third-order valence-corrected chi connectivity index (χ3v) is 2.22. The van der Waals surface area contributed by atoms with Crippen LogP contribution in [0.2, 0.25) is 5.02 Å². The Morgan fingerprint density at radius 3 is 2.73 bits per heavy atom. The van der Waals surface area contributed by atoms with Gasteiger partial charge in [-0.05, 0) is 31.0 Å². The van der Waals surface area contributed by atoms with Gasteiger partial charge >= 0.3 is 0 Å². The smallest absolute Gasteiger partial charge is 0.122 e. The molecule has 0 bridgehead atoms. The molecule has 1 rings (SSSR count). The second kappa shape index (κ2) is 6.67. The lowest BCUT2D eigenvalue weighted by Crippen LogP contribution is -2.21. The Labute approximate surface area is 94.3 Å². The number of rotatable bonds is 6. The molecule has 3 nitrogen and oxygen atoms in total. The van der Waals surface area contributed by atoms with Crippen LogP contribution < -0.4 is 4.74 Å². The maximum absolute atomic E-state index is 9.04. The van der Waals surface area contributed by atoms with E-state index in [0.29, 0.717) is 23.6 Å². The Morgan fingerprint density at radius 2 is 2.13 bits per heavy atom. The minimum Gasteiger partial charge on any atom is -0.488 e. The fraction of sp³-hybridized carbons (Fsp3) is 0.455. The van der Waals surface area contributed by atoms with Crippen molar-refractivity contribution in [2.24, 2.45) is 0 Å². The van der Waals surface area contributed by atoms with Gasteiger partial charge < -0.3 is 14.9 Å². The summed E-state index contributed by atoms with van der Waals surface area (Å²) in [6.45, 7) is 0.0436. The van der Waals surface area contributed by atoms with E-state index in [4.69, 9.17) is 26.6 Å². The molecule has 0 amide bonds. The maximum atomic E-state index is 9.04. The van der Waals surface area contributed by atoms with Gasteiger partial charge in [0.15, 0.2) is 0 Å². The van der Waals surface area contributed by atoms with E-state index >= 15 is 0 Å². The van der Waals surface area contributed by atoms with E-state index in [9.17, 15) is 0 Å². The van der Waals surface area contributed by atoms with Crippen LogP contribution in [0.3, 0.4) is 0 Å². The Kier molecular flexibility index (Phi) is 5.47. The number of benzene rings is 1. The van der Waals surface area contributed by atoms with Crippen LogP contribution in [-0.2, 0) is 0 Å². The first-order valence-electron chi connectivity index (χ1n) is 4.90. The lowest BCUT2D eigenvalue weighted by molar-refractivity contribution is 0.101. The SMILES string of the molecule is OCCC[C@H](CO)Oc1cccc(Cl)c1. The molecule has 2 N–H and O–H groups in total. The van der Waals surface area contributed by atoms with Gasteiger partial charge in [0.25, 0.3) is 0 Å². The van der Waals surface area contributed by atoms with Crippen molar-refractivity contribution in [1.82, 2.24) is 0 Å². The van der Waals surface area contributed by atoms with Crippen molar-refractivity contribution in [3.8, 4) is 5.75 Å². The largest absolute Gasteiger partial charge is 0.488 e. The molecule has 1 aromatic rings. The molecule has 1 atom stereocenters. The summed E-state index contributed by atoms with van der Waals surface area (Å²) in [6, 6.07) is 7.03. The number of halogens is 1. The van der Waals surface area contributed by atoms with E-state index in [0.717, 1.165) is 0 Å². The normalized spacial score (nSPS) is 12.5. The molecule has 1 aromatic carbocycles. The molecule has 0 radical (unpaired) electrons. The van der Waals surface area contributed by atoms with Crippen LogP contribution in [0.4, 0.5) is 0 Å². The molecule has 84 valence electrons. The van der Waals surface area contributed by atoms with Gasteiger partial charge in [-0.15, -0.1) is 0 Å². The fourth-order valence-electron chi connectivity index (χ4n) is 1.24. The molecular formula is C11H15ClO3. The van der Waals surface area contributed by atoms with E-state index < -0.39 is 0 Å². The molecule has 0 aliphatic heterocycles. The molecule has 0 heterocycles. The standard InChI is InChI=1S/C11H15ClO3/c12-9-3-1-4-10(7-9)15-11(8-14)5-2-6-13/h1,3-4,7,11,13-14H,2,5-6,8H2/t11-/m1/s1. The highest BCUT2D eigenvalue weighted by Crippen LogP contribution is 2.19. The van der Waals surface area contributed by atoms with Crippen LogP contribution in [0, 0.1) is 0 Å². The summed E-state index contributed by atoms with van der Waals surface area (Å²) >= 11 is 5.79. The van der Waals surface area contributed by atoms with Gasteiger partial charge in [0, 0.05) is 11.6 Å². The Bertz CT molecular complexity index is 291. The van der Waals surface area contributed by atoms with Gasteiger partial charge in [-0.3, -0.25) is 0 Å². The first-order chi connectivity index (χ1) is 7.26. The second-order valence-electron chi connectivity index (χ2n) is 3.25. The fourth-order valence-corrected chi connectivity index (χ4v) is 1.42. The van der Waals surface area contributed by atoms with Gasteiger partial charge in [0.1, 0.15) is 11.9 Å². The minimum atomic E-state index is -0.282. The van der Waals surface area contributed by atoms with Gasteiger partial charge in [-0.2, -0.15) is 0 Å². The van der Waals surface area contributed by atoms with Crippen LogP contribution in [-0.4, -0.2) is 29.5 Å². The highest BCUT2D eigenvalue weighted by Gasteiger charge is 2.08. The molecule has 0 saturated carbocycles. The lowest BCUT2D eigenvalue weighted by Gasteiger charge is -2.16. The van der Waals surface area contributed by atoms with Gasteiger partial charge in [0.2, 0.25) is 0 Å². The summed E-state index contributed by atoms with van der Waals surface area (Å²) in [5.74, 6) is 0.638. The van der Waals surface area contributed by atoms with Crippen LogP contribution in [0.25, 0.3) is 0 Å². The molecule has 0 unspecified atom stereocenters. The zero-order valence-electron chi connectivity index (χ0n) is 8.40. The zero-order valence-corrected chi connectivity index (χ0v) is 9.15. The molecule has 0 spiro atoms. The average Bonchev–Trinajstić information content (AvgIpc) is 2.24. The maximum Gasteiger partial charge on any atom is 0.122 e. The van der Waals surface area contributed by atoms with Crippen molar-refractivity contribution in [3.63, 3.8) is 0 Å². The summed E-state index contributed by atoms with van der Waals surface area (Å²) in [6.07, 6.45) is 0.960. The molecule has 0 saturated heterocycles. The predicted molar refractivity (Wildman–Crippen MR) is 59.3 cm³/mol. The predicted octanol–water partition coefficient (Wildman–Crippen LogP) is 1.85. The molecular weight excluding hydrogens is 216 g/mol. The highest BCUT2D eigenvalue weighted by molar-refractivity contribution is 6.30. The van der Waals surface area contributed by atoms with Crippen molar-refractivity contribution < 1.29 is 14.9 Å². The van der Waals surface area contributed by atoms with Crippen molar-refractivity contribution in [2.45, 2.75) is 18.9 Å². The molecule has 0 aliphatic rings. The first kappa shape index (κ1) is 12.3. The molecule has 15 heavy (non-hydrogen) atoms. The topological polar surface area (TPSA) is 49.7 Å².